The molecule has 0 spiro atoms. The molecule has 0 aliphatic carbocycles. The van der Waals surface area contributed by atoms with Crippen molar-refractivity contribution in [2.24, 2.45) is 0 Å². The number of aryl methyl sites for hydroxylation is 1. The van der Waals surface area contributed by atoms with E-state index in [-0.39, 0.29) is 16.6 Å². The zero-order chi connectivity index (χ0) is 43.3. The lowest BCUT2D eigenvalue weighted by Gasteiger charge is -2.27. The third-order valence-corrected chi connectivity index (χ3v) is 12.2. The quantitative estimate of drug-likeness (QED) is 0.174. The van der Waals surface area contributed by atoms with E-state index in [2.05, 4.69) is 218 Å². The van der Waals surface area contributed by atoms with Crippen LogP contribution in [0, 0.1) is 13.8 Å². The van der Waals surface area contributed by atoms with Crippen LogP contribution in [0.4, 0.5) is 0 Å². The number of phenols is 1. The molecular formula is C58H53N3O. The number of aromatic nitrogens is 3. The van der Waals surface area contributed by atoms with Crippen LogP contribution in [0.5, 0.6) is 5.75 Å². The number of rotatable bonds is 7. The summed E-state index contributed by atoms with van der Waals surface area (Å²) in [5.74, 6) is 0.953. The molecule has 2 aromatic heterocycles. The Morgan fingerprint density at radius 1 is 0.484 bits per heavy atom. The first kappa shape index (κ1) is 40.4. The number of pyridine rings is 1. The minimum atomic E-state index is -0.316. The average molecular weight is 808 g/mol. The highest BCUT2D eigenvalue weighted by atomic mass is 16.3. The molecule has 9 rings (SSSR count). The van der Waals surface area contributed by atoms with Crippen LogP contribution in [0.25, 0.3) is 83.9 Å². The Balaban J connectivity index is 1.35. The van der Waals surface area contributed by atoms with E-state index in [1.54, 1.807) is 0 Å². The van der Waals surface area contributed by atoms with E-state index >= 15 is 0 Å². The predicted molar refractivity (Wildman–Crippen MR) is 260 cm³/mol. The SMILES string of the molecule is Cc1cc(-n2c(-c3cc(C(C)(C)C)cc(C(C)(C)C)c3O)nc3c(-c4cc(-c5ccccc5)cc(-c5cc(-c6ccccc6)ccn5)c4)cccc32)cc(-c2ccccc2)c1C. The van der Waals surface area contributed by atoms with Crippen LogP contribution >= 0.6 is 0 Å². The summed E-state index contributed by atoms with van der Waals surface area (Å²) in [5.41, 5.74) is 18.2. The molecule has 0 fully saturated rings. The Morgan fingerprint density at radius 2 is 1.10 bits per heavy atom. The summed E-state index contributed by atoms with van der Waals surface area (Å²) in [7, 11) is 0. The van der Waals surface area contributed by atoms with E-state index in [0.29, 0.717) is 11.4 Å². The summed E-state index contributed by atoms with van der Waals surface area (Å²) in [6.45, 7) is 17.6. The van der Waals surface area contributed by atoms with Gasteiger partial charge in [-0.3, -0.25) is 9.55 Å². The van der Waals surface area contributed by atoms with Crippen LogP contribution in [0.3, 0.4) is 0 Å². The number of fused-ring (bicyclic) bond motifs is 1. The Kier molecular flexibility index (Phi) is 10.3. The van der Waals surface area contributed by atoms with E-state index in [0.717, 1.165) is 83.6 Å². The van der Waals surface area contributed by atoms with Gasteiger partial charge in [-0.25, -0.2) is 4.98 Å². The largest absolute Gasteiger partial charge is 0.507 e. The lowest BCUT2D eigenvalue weighted by molar-refractivity contribution is 0.446. The summed E-state index contributed by atoms with van der Waals surface area (Å²) < 4.78 is 2.26. The van der Waals surface area contributed by atoms with Gasteiger partial charge < -0.3 is 5.11 Å². The second-order valence-corrected chi connectivity index (χ2v) is 18.6. The van der Waals surface area contributed by atoms with Gasteiger partial charge >= 0.3 is 0 Å². The summed E-state index contributed by atoms with van der Waals surface area (Å²) in [4.78, 5) is 10.6. The molecule has 0 aliphatic heterocycles. The number of nitrogens with zero attached hydrogens (tertiary/aromatic N) is 3. The molecule has 0 amide bonds. The van der Waals surface area contributed by atoms with Crippen molar-refractivity contribution in [2.45, 2.75) is 66.2 Å². The molecule has 0 saturated carbocycles. The van der Waals surface area contributed by atoms with E-state index in [4.69, 9.17) is 9.97 Å². The van der Waals surface area contributed by atoms with E-state index < -0.39 is 0 Å². The van der Waals surface area contributed by atoms with Crippen molar-refractivity contribution in [2.75, 3.05) is 0 Å². The first-order valence-corrected chi connectivity index (χ1v) is 21.5. The Morgan fingerprint density at radius 3 is 1.74 bits per heavy atom. The highest BCUT2D eigenvalue weighted by Crippen LogP contribution is 2.45. The first-order chi connectivity index (χ1) is 29.7. The molecule has 2 heterocycles. The van der Waals surface area contributed by atoms with Gasteiger partial charge in [0.1, 0.15) is 11.6 Å². The van der Waals surface area contributed by atoms with Crippen LogP contribution in [0.2, 0.25) is 0 Å². The smallest absolute Gasteiger partial charge is 0.149 e. The maximum absolute atomic E-state index is 12.5. The van der Waals surface area contributed by atoms with E-state index in [1.165, 1.54) is 11.1 Å². The zero-order valence-corrected chi connectivity index (χ0v) is 37.0. The fourth-order valence-corrected chi connectivity index (χ4v) is 8.60. The molecular weight excluding hydrogens is 755 g/mol. The second kappa shape index (κ2) is 15.8. The van der Waals surface area contributed by atoms with E-state index in [9.17, 15) is 5.11 Å². The third kappa shape index (κ3) is 7.62. The molecule has 0 bridgehead atoms. The number of para-hydroxylation sites is 1. The monoisotopic (exact) mass is 807 g/mol. The lowest BCUT2D eigenvalue weighted by atomic mass is 9.79. The van der Waals surface area contributed by atoms with Crippen molar-refractivity contribution >= 4 is 11.0 Å². The fourth-order valence-electron chi connectivity index (χ4n) is 8.60. The number of hydrogen-bond acceptors (Lipinski definition) is 3. The van der Waals surface area contributed by atoms with Crippen molar-refractivity contribution in [1.29, 1.82) is 0 Å². The number of hydrogen-bond donors (Lipinski definition) is 1. The molecule has 0 atom stereocenters. The maximum Gasteiger partial charge on any atom is 0.149 e. The Bertz CT molecular complexity index is 3090. The summed E-state index contributed by atoms with van der Waals surface area (Å²) in [6, 6.07) is 57.9. The van der Waals surface area contributed by atoms with Crippen LogP contribution in [-0.4, -0.2) is 19.6 Å². The number of benzene rings is 7. The van der Waals surface area contributed by atoms with Crippen LogP contribution in [0.1, 0.15) is 63.8 Å². The van der Waals surface area contributed by atoms with Gasteiger partial charge in [-0.1, -0.05) is 151 Å². The van der Waals surface area contributed by atoms with Gasteiger partial charge in [0.05, 0.1) is 22.3 Å². The summed E-state index contributed by atoms with van der Waals surface area (Å²) in [5, 5.41) is 12.5. The average Bonchev–Trinajstić information content (AvgIpc) is 3.67. The number of aromatic hydroxyl groups is 1. The third-order valence-electron chi connectivity index (χ3n) is 12.2. The molecule has 0 saturated heterocycles. The van der Waals surface area contributed by atoms with Crippen molar-refractivity contribution in [3.05, 3.63) is 192 Å². The van der Waals surface area contributed by atoms with Crippen molar-refractivity contribution in [3.8, 4) is 78.6 Å². The van der Waals surface area contributed by atoms with Crippen molar-refractivity contribution < 1.29 is 5.11 Å². The zero-order valence-electron chi connectivity index (χ0n) is 37.0. The van der Waals surface area contributed by atoms with Crippen LogP contribution < -0.4 is 0 Å². The van der Waals surface area contributed by atoms with Gasteiger partial charge in [-0.05, 0) is 135 Å². The topological polar surface area (TPSA) is 50.9 Å². The van der Waals surface area contributed by atoms with Crippen LogP contribution in [0.15, 0.2) is 170 Å². The molecule has 0 unspecified atom stereocenters. The molecule has 62 heavy (non-hydrogen) atoms. The van der Waals surface area contributed by atoms with Gasteiger partial charge in [0.15, 0.2) is 0 Å². The Labute approximate surface area is 366 Å². The molecule has 1 N–H and O–H groups in total. The summed E-state index contributed by atoms with van der Waals surface area (Å²) in [6.07, 6.45) is 1.90. The van der Waals surface area contributed by atoms with Gasteiger partial charge in [-0.2, -0.15) is 0 Å². The minimum Gasteiger partial charge on any atom is -0.507 e. The van der Waals surface area contributed by atoms with Gasteiger partial charge in [-0.15, -0.1) is 0 Å². The maximum atomic E-state index is 12.5. The van der Waals surface area contributed by atoms with Crippen molar-refractivity contribution in [1.82, 2.24) is 14.5 Å². The molecule has 306 valence electrons. The highest BCUT2D eigenvalue weighted by molar-refractivity contribution is 5.98. The number of phenolic OH excluding ortho intramolecular Hbond substituents is 1. The molecule has 7 aromatic carbocycles. The normalized spacial score (nSPS) is 11.9. The first-order valence-electron chi connectivity index (χ1n) is 21.5. The standard InChI is InChI=1S/C58H53N3O/c1-37-29-47(36-49(38(37)2)41-23-16-11-17-24-41)61-53-26-18-25-48(54(53)60-56(61)50-34-46(57(3,4)5)35-51(55(50)62)58(6,7)8)44-30-43(40-21-14-10-15-22-40)31-45(32-44)52-33-42(27-28-59-52)39-19-12-9-13-20-39/h9-36,62H,1-8H3. The molecule has 4 heteroatoms. The Hall–Kier alpha value is -7.04. The van der Waals surface area contributed by atoms with Crippen molar-refractivity contribution in [3.63, 3.8) is 0 Å². The highest BCUT2D eigenvalue weighted by Gasteiger charge is 2.29. The van der Waals surface area contributed by atoms with E-state index in [1.807, 2.05) is 12.3 Å². The van der Waals surface area contributed by atoms with Gasteiger partial charge in [0.2, 0.25) is 0 Å². The summed E-state index contributed by atoms with van der Waals surface area (Å²) >= 11 is 0. The molecule has 9 aromatic rings. The van der Waals surface area contributed by atoms with Gasteiger partial charge in [0, 0.05) is 28.6 Å². The van der Waals surface area contributed by atoms with Crippen LogP contribution in [-0.2, 0) is 10.8 Å². The lowest BCUT2D eigenvalue weighted by Crippen LogP contribution is -2.17. The molecule has 4 nitrogen and oxygen atoms in total. The number of imidazole rings is 1. The molecule has 0 aliphatic rings. The molecule has 0 radical (unpaired) electrons. The van der Waals surface area contributed by atoms with Gasteiger partial charge in [0.25, 0.3) is 0 Å². The minimum absolute atomic E-state index is 0.175. The second-order valence-electron chi connectivity index (χ2n) is 18.6. The predicted octanol–water partition coefficient (Wildman–Crippen LogP) is 15.3. The fraction of sp³-hybridized carbons (Fsp3) is 0.172.